The zero-order valence-electron chi connectivity index (χ0n) is 20.2. The van der Waals surface area contributed by atoms with Gasteiger partial charge in [-0.15, -0.1) is 0 Å². The van der Waals surface area contributed by atoms with Gasteiger partial charge in [-0.05, 0) is 37.1 Å². The highest BCUT2D eigenvalue weighted by Gasteiger charge is 2.30. The van der Waals surface area contributed by atoms with Crippen LogP contribution < -0.4 is 27.2 Å². The number of nitrogens with zero attached hydrogens (tertiary/aromatic N) is 2. The molecule has 0 spiro atoms. The Balaban J connectivity index is 0.000000181. The van der Waals surface area contributed by atoms with Crippen LogP contribution in [0, 0.1) is 11.6 Å². The van der Waals surface area contributed by atoms with Gasteiger partial charge in [0.05, 0.1) is 17.4 Å². The SMILES string of the molecule is Nc1cccc(F)c1C(=O)NC1CCC(=O)NC1=O.O=C1CCC(n2cnc3cccc(F)c3c2=O)C(=O)N1. The first kappa shape index (κ1) is 27.0. The molecule has 202 valence electrons. The fraction of sp³-hybridized carbons (Fsp3) is 0.240. The minimum absolute atomic E-state index is 0.00945. The average molecular weight is 540 g/mol. The van der Waals surface area contributed by atoms with Crippen LogP contribution in [0.15, 0.2) is 47.5 Å². The summed E-state index contributed by atoms with van der Waals surface area (Å²) in [5.74, 6) is -4.14. The Bertz CT molecular complexity index is 1550. The van der Waals surface area contributed by atoms with Crippen LogP contribution in [-0.2, 0) is 19.2 Å². The van der Waals surface area contributed by atoms with Crippen molar-refractivity contribution in [2.45, 2.75) is 37.8 Å². The normalized spacial score (nSPS) is 19.0. The van der Waals surface area contributed by atoms with Crippen LogP contribution in [0.2, 0.25) is 0 Å². The molecule has 5 amide bonds. The van der Waals surface area contributed by atoms with Crippen LogP contribution in [-0.4, -0.2) is 45.1 Å². The molecule has 2 aliphatic rings. The summed E-state index contributed by atoms with van der Waals surface area (Å²) in [6.07, 6.45) is 1.86. The van der Waals surface area contributed by atoms with Gasteiger partial charge in [-0.3, -0.25) is 44.0 Å². The molecule has 3 aromatic rings. The molecule has 0 radical (unpaired) electrons. The quantitative estimate of drug-likeness (QED) is 0.273. The van der Waals surface area contributed by atoms with Gasteiger partial charge in [-0.2, -0.15) is 0 Å². The Morgan fingerprint density at radius 3 is 2.23 bits per heavy atom. The number of nitrogens with one attached hydrogen (secondary N) is 3. The molecule has 0 bridgehead atoms. The molecule has 0 aliphatic carbocycles. The number of nitrogen functional groups attached to an aromatic ring is 1. The van der Waals surface area contributed by atoms with Crippen LogP contribution in [0.1, 0.15) is 42.1 Å². The maximum absolute atomic E-state index is 13.7. The van der Waals surface area contributed by atoms with E-state index >= 15 is 0 Å². The van der Waals surface area contributed by atoms with Crippen molar-refractivity contribution in [3.05, 3.63) is 70.3 Å². The summed E-state index contributed by atoms with van der Waals surface area (Å²) in [6.45, 7) is 0. The van der Waals surface area contributed by atoms with Gasteiger partial charge < -0.3 is 11.1 Å². The molecule has 2 unspecified atom stereocenters. The minimum atomic E-state index is -0.857. The van der Waals surface area contributed by atoms with Crippen molar-refractivity contribution in [1.29, 1.82) is 0 Å². The van der Waals surface area contributed by atoms with E-state index in [0.717, 1.165) is 10.6 Å². The van der Waals surface area contributed by atoms with Crippen LogP contribution in [0.25, 0.3) is 10.9 Å². The maximum Gasteiger partial charge on any atom is 0.264 e. The molecule has 2 fully saturated rings. The third kappa shape index (κ3) is 5.79. The van der Waals surface area contributed by atoms with E-state index in [-0.39, 0.29) is 59.7 Å². The van der Waals surface area contributed by atoms with Gasteiger partial charge in [0.15, 0.2) is 0 Å². The third-order valence-corrected chi connectivity index (χ3v) is 6.12. The Morgan fingerprint density at radius 1 is 0.923 bits per heavy atom. The standard InChI is InChI=1S/C13H10FN3O3.C12H12FN3O3/c14-7-2-1-3-8-11(7)13(20)17(6-15-8)9-4-5-10(18)16-12(9)19;13-6-2-1-3-7(14)10(6)12(19)15-8-4-5-9(17)16-11(8)18/h1-3,6,9H,4-5H2,(H,16,18,19);1-3,8H,4-5,14H2,(H,15,19)(H,16,17,18). The molecular weight excluding hydrogens is 518 g/mol. The first-order valence-electron chi connectivity index (χ1n) is 11.7. The van der Waals surface area contributed by atoms with Gasteiger partial charge in [0.1, 0.15) is 29.1 Å². The zero-order valence-corrected chi connectivity index (χ0v) is 20.2. The first-order valence-corrected chi connectivity index (χ1v) is 11.7. The molecule has 14 heteroatoms. The number of piperidine rings is 2. The van der Waals surface area contributed by atoms with Crippen LogP contribution in [0.3, 0.4) is 0 Å². The van der Waals surface area contributed by atoms with Gasteiger partial charge in [0.25, 0.3) is 11.5 Å². The number of halogens is 2. The summed E-state index contributed by atoms with van der Waals surface area (Å²) in [7, 11) is 0. The van der Waals surface area contributed by atoms with Crippen molar-refractivity contribution in [3.63, 3.8) is 0 Å². The number of anilines is 1. The first-order chi connectivity index (χ1) is 18.6. The fourth-order valence-electron chi connectivity index (χ4n) is 4.15. The van der Waals surface area contributed by atoms with Crippen molar-refractivity contribution < 1.29 is 32.8 Å². The molecule has 39 heavy (non-hydrogen) atoms. The van der Waals surface area contributed by atoms with Crippen LogP contribution >= 0.6 is 0 Å². The van der Waals surface area contributed by atoms with Crippen molar-refractivity contribution >= 4 is 46.1 Å². The Hall–Kier alpha value is -5.01. The summed E-state index contributed by atoms with van der Waals surface area (Å²) in [5.41, 5.74) is 4.83. The van der Waals surface area contributed by atoms with Crippen LogP contribution in [0.4, 0.5) is 14.5 Å². The van der Waals surface area contributed by atoms with E-state index in [2.05, 4.69) is 20.9 Å². The van der Waals surface area contributed by atoms with E-state index in [4.69, 9.17) is 5.73 Å². The van der Waals surface area contributed by atoms with Crippen molar-refractivity contribution in [2.24, 2.45) is 0 Å². The van der Waals surface area contributed by atoms with E-state index in [9.17, 15) is 37.5 Å². The van der Waals surface area contributed by atoms with Gasteiger partial charge in [-0.1, -0.05) is 12.1 Å². The van der Waals surface area contributed by atoms with Crippen molar-refractivity contribution in [1.82, 2.24) is 25.5 Å². The highest BCUT2D eigenvalue weighted by Crippen LogP contribution is 2.19. The second kappa shape index (κ2) is 11.2. The minimum Gasteiger partial charge on any atom is -0.398 e. The molecule has 3 heterocycles. The summed E-state index contributed by atoms with van der Waals surface area (Å²) < 4.78 is 28.3. The highest BCUT2D eigenvalue weighted by atomic mass is 19.1. The second-order valence-electron chi connectivity index (χ2n) is 8.74. The predicted molar refractivity (Wildman–Crippen MR) is 132 cm³/mol. The van der Waals surface area contributed by atoms with Crippen molar-refractivity contribution in [2.75, 3.05) is 5.73 Å². The summed E-state index contributed by atoms with van der Waals surface area (Å²) in [4.78, 5) is 73.5. The molecule has 5 N–H and O–H groups in total. The van der Waals surface area contributed by atoms with Gasteiger partial charge >= 0.3 is 0 Å². The van der Waals surface area contributed by atoms with Gasteiger partial charge in [-0.25, -0.2) is 13.8 Å². The molecule has 2 saturated heterocycles. The predicted octanol–water partition coefficient (Wildman–Crippen LogP) is 0.456. The lowest BCUT2D eigenvalue weighted by molar-refractivity contribution is -0.136. The lowest BCUT2D eigenvalue weighted by Crippen LogP contribution is -2.52. The number of carbonyl (C=O) groups is 5. The molecule has 2 aromatic carbocycles. The average Bonchev–Trinajstić information content (AvgIpc) is 2.87. The van der Waals surface area contributed by atoms with E-state index in [0.29, 0.717) is 0 Å². The lowest BCUT2D eigenvalue weighted by Gasteiger charge is -2.22. The second-order valence-corrected chi connectivity index (χ2v) is 8.74. The third-order valence-electron chi connectivity index (χ3n) is 6.12. The molecule has 5 rings (SSSR count). The Labute approximate surface area is 218 Å². The molecular formula is C25H22F2N6O6. The van der Waals surface area contributed by atoms with Crippen molar-refractivity contribution in [3.8, 4) is 0 Å². The maximum atomic E-state index is 13.7. The fourth-order valence-corrected chi connectivity index (χ4v) is 4.15. The molecule has 1 aromatic heterocycles. The number of fused-ring (bicyclic) bond motifs is 1. The number of aromatic nitrogens is 2. The largest absolute Gasteiger partial charge is 0.398 e. The smallest absolute Gasteiger partial charge is 0.264 e. The monoisotopic (exact) mass is 540 g/mol. The number of hydrogen-bond acceptors (Lipinski definition) is 8. The van der Waals surface area contributed by atoms with E-state index < -0.39 is 47.0 Å². The lowest BCUT2D eigenvalue weighted by atomic mass is 10.0. The zero-order chi connectivity index (χ0) is 28.3. The van der Waals surface area contributed by atoms with Gasteiger partial charge in [0, 0.05) is 18.5 Å². The van der Waals surface area contributed by atoms with E-state index in [1.54, 1.807) is 0 Å². The number of rotatable bonds is 3. The Morgan fingerprint density at radius 2 is 1.56 bits per heavy atom. The summed E-state index contributed by atoms with van der Waals surface area (Å²) >= 11 is 0. The molecule has 0 saturated carbocycles. The van der Waals surface area contributed by atoms with Gasteiger partial charge in [0.2, 0.25) is 23.6 Å². The van der Waals surface area contributed by atoms with E-state index in [1.807, 2.05) is 0 Å². The molecule has 2 atom stereocenters. The number of hydrogen-bond donors (Lipinski definition) is 4. The number of imide groups is 2. The molecule has 2 aliphatic heterocycles. The van der Waals surface area contributed by atoms with E-state index in [1.165, 1.54) is 36.7 Å². The number of nitrogens with two attached hydrogens (primary N) is 1. The highest BCUT2D eigenvalue weighted by molar-refractivity contribution is 6.05. The topological polar surface area (TPSA) is 182 Å². The number of benzene rings is 2. The number of amides is 5. The molecule has 12 nitrogen and oxygen atoms in total. The summed E-state index contributed by atoms with van der Waals surface area (Å²) in [6, 6.07) is 6.34. The number of carbonyl (C=O) groups excluding carboxylic acids is 5. The van der Waals surface area contributed by atoms with Crippen LogP contribution in [0.5, 0.6) is 0 Å². The summed E-state index contributed by atoms with van der Waals surface area (Å²) in [5, 5.41) is 6.47. The Kier molecular flexibility index (Phi) is 7.74.